The van der Waals surface area contributed by atoms with Crippen LogP contribution in [0.3, 0.4) is 0 Å². The van der Waals surface area contributed by atoms with Crippen LogP contribution in [-0.4, -0.2) is 25.5 Å². The van der Waals surface area contributed by atoms with Crippen LogP contribution < -0.4 is 20.3 Å². The quantitative estimate of drug-likeness (QED) is 0.545. The minimum atomic E-state index is -0.484. The van der Waals surface area contributed by atoms with Crippen molar-refractivity contribution >= 4 is 29.5 Å². The summed E-state index contributed by atoms with van der Waals surface area (Å²) in [5, 5.41) is 0.380. The molecule has 28 heavy (non-hydrogen) atoms. The van der Waals surface area contributed by atoms with E-state index in [1.54, 1.807) is 30.3 Å². The molecule has 148 valence electrons. The van der Waals surface area contributed by atoms with Crippen LogP contribution in [0.5, 0.6) is 11.5 Å². The Morgan fingerprint density at radius 3 is 2.43 bits per heavy atom. The van der Waals surface area contributed by atoms with Crippen LogP contribution in [0.25, 0.3) is 6.08 Å². The van der Waals surface area contributed by atoms with E-state index in [2.05, 4.69) is 10.9 Å². The van der Waals surface area contributed by atoms with Gasteiger partial charge in [-0.15, -0.1) is 0 Å². The number of methoxy groups -OCH3 is 1. The summed E-state index contributed by atoms with van der Waals surface area (Å²) in [5.74, 6) is 0.0468. The Hall–Kier alpha value is -2.99. The maximum absolute atomic E-state index is 12.1. The van der Waals surface area contributed by atoms with Gasteiger partial charge in [-0.3, -0.25) is 20.4 Å². The van der Waals surface area contributed by atoms with Crippen molar-refractivity contribution in [2.24, 2.45) is 0 Å². The number of amides is 2. The Kier molecular flexibility index (Phi) is 7.89. The van der Waals surface area contributed by atoms with Gasteiger partial charge < -0.3 is 9.47 Å². The molecule has 7 heteroatoms. The third kappa shape index (κ3) is 5.76. The van der Waals surface area contributed by atoms with Gasteiger partial charge in [0.05, 0.1) is 18.7 Å². The second kappa shape index (κ2) is 10.4. The Balaban J connectivity index is 1.97. The maximum Gasteiger partial charge on any atom is 0.269 e. The summed E-state index contributed by atoms with van der Waals surface area (Å²) in [7, 11) is 1.51. The Bertz CT molecular complexity index is 863. The van der Waals surface area contributed by atoms with E-state index in [4.69, 9.17) is 21.1 Å². The highest BCUT2D eigenvalue weighted by Gasteiger charge is 2.11. The summed E-state index contributed by atoms with van der Waals surface area (Å²) in [6.07, 6.45) is 3.73. The Labute approximate surface area is 169 Å². The van der Waals surface area contributed by atoms with Crippen molar-refractivity contribution in [3.05, 3.63) is 64.2 Å². The van der Waals surface area contributed by atoms with Crippen molar-refractivity contribution < 1.29 is 19.1 Å². The highest BCUT2D eigenvalue weighted by molar-refractivity contribution is 6.32. The molecule has 2 rings (SSSR count). The van der Waals surface area contributed by atoms with Crippen molar-refractivity contribution in [1.82, 2.24) is 10.9 Å². The van der Waals surface area contributed by atoms with Gasteiger partial charge in [-0.25, -0.2) is 0 Å². The number of rotatable bonds is 7. The molecule has 2 aromatic carbocycles. The molecule has 6 nitrogen and oxygen atoms in total. The normalized spacial score (nSPS) is 10.6. The zero-order valence-corrected chi connectivity index (χ0v) is 16.8. The zero-order chi connectivity index (χ0) is 20.5. The molecule has 0 spiro atoms. The summed E-state index contributed by atoms with van der Waals surface area (Å²) >= 11 is 6.20. The van der Waals surface area contributed by atoms with Crippen LogP contribution in [0, 0.1) is 0 Å². The lowest BCUT2D eigenvalue weighted by Gasteiger charge is -2.11. The second-order valence-electron chi connectivity index (χ2n) is 5.79. The van der Waals surface area contributed by atoms with E-state index in [0.29, 0.717) is 34.3 Å². The van der Waals surface area contributed by atoms with Gasteiger partial charge in [0.25, 0.3) is 11.8 Å². The topological polar surface area (TPSA) is 76.7 Å². The van der Waals surface area contributed by atoms with E-state index in [1.807, 2.05) is 26.0 Å². The van der Waals surface area contributed by atoms with Gasteiger partial charge in [0.1, 0.15) is 0 Å². The van der Waals surface area contributed by atoms with Crippen LogP contribution in [0.4, 0.5) is 0 Å². The van der Waals surface area contributed by atoms with Crippen LogP contribution in [0.1, 0.15) is 35.3 Å². The van der Waals surface area contributed by atoms with E-state index >= 15 is 0 Å². The first-order valence-electron chi connectivity index (χ1n) is 8.86. The van der Waals surface area contributed by atoms with Crippen LogP contribution >= 0.6 is 11.6 Å². The van der Waals surface area contributed by atoms with Gasteiger partial charge in [0.15, 0.2) is 11.5 Å². The molecule has 0 aliphatic rings. The molecule has 2 aromatic rings. The fraction of sp³-hybridized carbons (Fsp3) is 0.238. The van der Waals surface area contributed by atoms with Gasteiger partial charge in [-0.1, -0.05) is 30.7 Å². The van der Waals surface area contributed by atoms with Crippen molar-refractivity contribution in [3.63, 3.8) is 0 Å². The minimum Gasteiger partial charge on any atom is -0.493 e. The van der Waals surface area contributed by atoms with E-state index < -0.39 is 11.8 Å². The number of halogens is 1. The fourth-order valence-electron chi connectivity index (χ4n) is 2.42. The van der Waals surface area contributed by atoms with Crippen molar-refractivity contribution in [2.45, 2.75) is 20.3 Å². The number of benzene rings is 2. The molecule has 0 fully saturated rings. The maximum atomic E-state index is 12.1. The zero-order valence-electron chi connectivity index (χ0n) is 16.0. The molecular formula is C21H23ClN2O4. The number of hydrogen-bond acceptors (Lipinski definition) is 4. The van der Waals surface area contributed by atoms with Crippen LogP contribution in [0.2, 0.25) is 5.02 Å². The van der Waals surface area contributed by atoms with Crippen molar-refractivity contribution in [1.29, 1.82) is 0 Å². The monoisotopic (exact) mass is 402 g/mol. The van der Waals surface area contributed by atoms with E-state index in [-0.39, 0.29) is 0 Å². The average Bonchev–Trinajstić information content (AvgIpc) is 2.72. The van der Waals surface area contributed by atoms with Crippen LogP contribution in [-0.2, 0) is 11.2 Å². The molecule has 0 aromatic heterocycles. The van der Waals surface area contributed by atoms with Gasteiger partial charge in [0, 0.05) is 11.6 Å². The first kappa shape index (κ1) is 21.3. The minimum absolute atomic E-state index is 0.380. The number of nitrogens with one attached hydrogen (secondary N) is 2. The summed E-state index contributed by atoms with van der Waals surface area (Å²) in [6, 6.07) is 10.5. The Morgan fingerprint density at radius 1 is 1.11 bits per heavy atom. The fourth-order valence-corrected chi connectivity index (χ4v) is 2.69. The van der Waals surface area contributed by atoms with Crippen molar-refractivity contribution in [2.75, 3.05) is 13.7 Å². The molecular weight excluding hydrogens is 380 g/mol. The molecule has 0 unspecified atom stereocenters. The summed E-state index contributed by atoms with van der Waals surface area (Å²) in [5.41, 5.74) is 6.96. The number of aryl methyl sites for hydroxylation is 1. The molecule has 0 heterocycles. The van der Waals surface area contributed by atoms with E-state index in [1.165, 1.54) is 13.2 Å². The number of carbonyl (C=O) groups is 2. The van der Waals surface area contributed by atoms with E-state index in [9.17, 15) is 9.59 Å². The lowest BCUT2D eigenvalue weighted by molar-refractivity contribution is -0.117. The number of hydrogen-bond donors (Lipinski definition) is 2. The molecule has 0 bridgehead atoms. The van der Waals surface area contributed by atoms with Gasteiger partial charge in [-0.05, 0) is 54.8 Å². The second-order valence-corrected chi connectivity index (χ2v) is 6.20. The summed E-state index contributed by atoms with van der Waals surface area (Å²) in [4.78, 5) is 24.0. The number of ether oxygens (including phenoxy) is 2. The number of hydrazine groups is 1. The molecule has 0 aliphatic carbocycles. The molecule has 0 radical (unpaired) electrons. The van der Waals surface area contributed by atoms with E-state index in [0.717, 1.165) is 12.0 Å². The SMILES string of the molecule is CCOc1c(Cl)cc(/C=C/C(=O)NNC(=O)c2ccc(CC)cc2)cc1OC. The lowest BCUT2D eigenvalue weighted by atomic mass is 10.1. The predicted molar refractivity (Wildman–Crippen MR) is 110 cm³/mol. The van der Waals surface area contributed by atoms with Gasteiger partial charge >= 0.3 is 0 Å². The molecule has 0 saturated carbocycles. The molecule has 0 saturated heterocycles. The number of carbonyl (C=O) groups excluding carboxylic acids is 2. The van der Waals surface area contributed by atoms with Gasteiger partial charge in [0.2, 0.25) is 0 Å². The predicted octanol–water partition coefficient (Wildman–Crippen LogP) is 3.78. The Morgan fingerprint density at radius 2 is 1.82 bits per heavy atom. The molecule has 2 amide bonds. The summed E-state index contributed by atoms with van der Waals surface area (Å²) in [6.45, 7) is 4.34. The van der Waals surface area contributed by atoms with Gasteiger partial charge in [-0.2, -0.15) is 0 Å². The molecule has 0 atom stereocenters. The highest BCUT2D eigenvalue weighted by atomic mass is 35.5. The largest absolute Gasteiger partial charge is 0.493 e. The summed E-state index contributed by atoms with van der Waals surface area (Å²) < 4.78 is 10.7. The smallest absolute Gasteiger partial charge is 0.269 e. The third-order valence-electron chi connectivity index (χ3n) is 3.89. The van der Waals surface area contributed by atoms with Crippen LogP contribution in [0.15, 0.2) is 42.5 Å². The standard InChI is InChI=1S/C21H23ClN2O4/c1-4-14-6-9-16(10-7-14)21(26)24-23-19(25)11-8-15-12-17(22)20(28-5-2)18(13-15)27-3/h6-13H,4-5H2,1-3H3,(H,23,25)(H,24,26)/b11-8+. The third-order valence-corrected chi connectivity index (χ3v) is 4.17. The van der Waals surface area contributed by atoms with Crippen molar-refractivity contribution in [3.8, 4) is 11.5 Å². The molecule has 2 N–H and O–H groups in total. The molecule has 0 aliphatic heterocycles. The lowest BCUT2D eigenvalue weighted by Crippen LogP contribution is -2.40. The first-order valence-corrected chi connectivity index (χ1v) is 9.23. The first-order chi connectivity index (χ1) is 13.5. The highest BCUT2D eigenvalue weighted by Crippen LogP contribution is 2.36. The average molecular weight is 403 g/mol.